The summed E-state index contributed by atoms with van der Waals surface area (Å²) in [5.41, 5.74) is 0.681. The zero-order valence-corrected chi connectivity index (χ0v) is 17.8. The van der Waals surface area contributed by atoms with Crippen molar-refractivity contribution >= 4 is 29.0 Å². The van der Waals surface area contributed by atoms with E-state index in [-0.39, 0.29) is 23.9 Å². The third kappa shape index (κ3) is 4.52. The van der Waals surface area contributed by atoms with Crippen LogP contribution in [0.25, 0.3) is 0 Å². The van der Waals surface area contributed by atoms with Gasteiger partial charge in [0.1, 0.15) is 23.4 Å². The van der Waals surface area contributed by atoms with Crippen LogP contribution in [0.4, 0.5) is 27.7 Å². The average molecular weight is 426 g/mol. The molecule has 0 aliphatic carbocycles. The van der Waals surface area contributed by atoms with E-state index in [2.05, 4.69) is 20.2 Å². The molecular weight excluding hydrogens is 400 g/mol. The van der Waals surface area contributed by atoms with Crippen molar-refractivity contribution in [2.75, 3.05) is 23.3 Å². The van der Waals surface area contributed by atoms with Gasteiger partial charge in [0.2, 0.25) is 0 Å². The predicted molar refractivity (Wildman–Crippen MR) is 116 cm³/mol. The SMILES string of the molecule is CC(C)(C)OC(=O)N1C[C@H]2CC[C@@H]1CN2c1ccc([N+](=O)[O-])c(Nc2ccncn2)c1. The molecule has 0 unspecified atom stereocenters. The summed E-state index contributed by atoms with van der Waals surface area (Å²) in [4.78, 5) is 35.7. The molecule has 2 bridgehead atoms. The van der Waals surface area contributed by atoms with Crippen LogP contribution in [-0.2, 0) is 4.74 Å². The number of anilines is 3. The first kappa shape index (κ1) is 20.8. The quantitative estimate of drug-likeness (QED) is 0.581. The molecule has 2 aromatic rings. The van der Waals surface area contributed by atoms with Crippen molar-refractivity contribution < 1.29 is 14.5 Å². The highest BCUT2D eigenvalue weighted by atomic mass is 16.6. The van der Waals surface area contributed by atoms with Crippen LogP contribution < -0.4 is 10.2 Å². The number of nitro benzene ring substituents is 1. The van der Waals surface area contributed by atoms with Gasteiger partial charge in [0.15, 0.2) is 0 Å². The Morgan fingerprint density at radius 1 is 1.23 bits per heavy atom. The Morgan fingerprint density at radius 2 is 2.00 bits per heavy atom. The van der Waals surface area contributed by atoms with Crippen LogP contribution in [0.2, 0.25) is 0 Å². The zero-order valence-electron chi connectivity index (χ0n) is 17.8. The standard InChI is InChI=1S/C21H26N6O4/c1-21(2,3)31-20(28)26-12-15-4-5-16(26)11-25(15)14-6-7-18(27(29)30)17(10-14)24-19-8-9-22-13-23-19/h6-10,13,15-16H,4-5,11-12H2,1-3H3,(H,22,23,24)/t15-,16-/m1/s1. The van der Waals surface area contributed by atoms with Crippen molar-refractivity contribution in [3.05, 3.63) is 46.9 Å². The van der Waals surface area contributed by atoms with Crippen LogP contribution >= 0.6 is 0 Å². The maximum atomic E-state index is 12.6. The normalized spacial score (nSPS) is 20.5. The molecule has 2 atom stereocenters. The second kappa shape index (κ2) is 8.01. The second-order valence-corrected chi connectivity index (χ2v) is 8.85. The van der Waals surface area contributed by atoms with E-state index in [1.807, 2.05) is 25.7 Å². The summed E-state index contributed by atoms with van der Waals surface area (Å²) in [5, 5.41) is 14.5. The van der Waals surface area contributed by atoms with Gasteiger partial charge in [-0.1, -0.05) is 0 Å². The highest BCUT2D eigenvalue weighted by molar-refractivity contribution is 5.74. The molecule has 1 N–H and O–H groups in total. The van der Waals surface area contributed by atoms with E-state index in [0.717, 1.165) is 18.5 Å². The minimum atomic E-state index is -0.534. The van der Waals surface area contributed by atoms with Gasteiger partial charge in [0, 0.05) is 37.1 Å². The Morgan fingerprint density at radius 3 is 2.61 bits per heavy atom. The molecule has 0 saturated carbocycles. The van der Waals surface area contributed by atoms with Gasteiger partial charge in [0.25, 0.3) is 5.69 Å². The number of hydrogen-bond donors (Lipinski definition) is 1. The van der Waals surface area contributed by atoms with E-state index >= 15 is 0 Å². The zero-order chi connectivity index (χ0) is 22.2. The van der Waals surface area contributed by atoms with Crippen molar-refractivity contribution in [1.29, 1.82) is 0 Å². The Labute approximate surface area is 180 Å². The van der Waals surface area contributed by atoms with Crippen LogP contribution in [0, 0.1) is 10.1 Å². The van der Waals surface area contributed by atoms with Crippen LogP contribution in [0.15, 0.2) is 36.8 Å². The molecule has 1 aromatic carbocycles. The van der Waals surface area contributed by atoms with E-state index in [0.29, 0.717) is 24.6 Å². The average Bonchev–Trinajstić information content (AvgIpc) is 2.73. The minimum absolute atomic E-state index is 0.0279. The summed E-state index contributed by atoms with van der Waals surface area (Å²) in [5.74, 6) is 0.478. The lowest BCUT2D eigenvalue weighted by Gasteiger charge is -2.52. The molecule has 4 heterocycles. The minimum Gasteiger partial charge on any atom is -0.444 e. The number of nitro groups is 1. The Balaban J connectivity index is 1.56. The number of amides is 1. The maximum Gasteiger partial charge on any atom is 0.410 e. The summed E-state index contributed by atoms with van der Waals surface area (Å²) >= 11 is 0. The van der Waals surface area contributed by atoms with Crippen molar-refractivity contribution in [3.8, 4) is 0 Å². The van der Waals surface area contributed by atoms with Gasteiger partial charge in [-0.05, 0) is 51.8 Å². The highest BCUT2D eigenvalue weighted by Crippen LogP contribution is 2.37. The van der Waals surface area contributed by atoms with Gasteiger partial charge in [0.05, 0.1) is 11.0 Å². The molecule has 1 amide bonds. The van der Waals surface area contributed by atoms with Crippen LogP contribution in [0.1, 0.15) is 33.6 Å². The topological polar surface area (TPSA) is 114 Å². The molecular formula is C21H26N6O4. The van der Waals surface area contributed by atoms with Gasteiger partial charge in [-0.15, -0.1) is 0 Å². The molecule has 3 aliphatic rings. The number of benzene rings is 1. The predicted octanol–water partition coefficient (Wildman–Crippen LogP) is 3.72. The maximum absolute atomic E-state index is 12.6. The number of fused-ring (bicyclic) bond motifs is 3. The van der Waals surface area contributed by atoms with E-state index in [9.17, 15) is 14.9 Å². The number of nitrogens with one attached hydrogen (secondary N) is 1. The highest BCUT2D eigenvalue weighted by Gasteiger charge is 2.42. The van der Waals surface area contributed by atoms with Crippen LogP contribution in [-0.4, -0.2) is 56.7 Å². The number of ether oxygens (including phenoxy) is 1. The molecule has 3 saturated heterocycles. The first-order chi connectivity index (χ1) is 14.7. The Bertz CT molecular complexity index is 978. The molecule has 0 radical (unpaired) electrons. The molecule has 10 nitrogen and oxygen atoms in total. The monoisotopic (exact) mass is 426 g/mol. The lowest BCUT2D eigenvalue weighted by atomic mass is 9.90. The summed E-state index contributed by atoms with van der Waals surface area (Å²) in [7, 11) is 0. The van der Waals surface area contributed by atoms with Gasteiger partial charge >= 0.3 is 6.09 Å². The number of piperidine rings is 2. The Hall–Kier alpha value is -3.43. The molecule has 164 valence electrons. The number of aromatic nitrogens is 2. The molecule has 10 heteroatoms. The number of carbonyl (C=O) groups excluding carboxylic acids is 1. The summed E-state index contributed by atoms with van der Waals surface area (Å²) < 4.78 is 5.57. The first-order valence-corrected chi connectivity index (χ1v) is 10.3. The number of nitrogens with zero attached hydrogens (tertiary/aromatic N) is 5. The third-order valence-corrected chi connectivity index (χ3v) is 5.51. The first-order valence-electron chi connectivity index (χ1n) is 10.3. The molecule has 3 fully saturated rings. The molecule has 1 aromatic heterocycles. The van der Waals surface area contributed by atoms with Crippen molar-refractivity contribution in [1.82, 2.24) is 14.9 Å². The smallest absolute Gasteiger partial charge is 0.410 e. The van der Waals surface area contributed by atoms with Crippen LogP contribution in [0.5, 0.6) is 0 Å². The molecule has 5 rings (SSSR count). The van der Waals surface area contributed by atoms with Gasteiger partial charge in [-0.3, -0.25) is 10.1 Å². The van der Waals surface area contributed by atoms with Gasteiger partial charge in [-0.25, -0.2) is 14.8 Å². The van der Waals surface area contributed by atoms with E-state index in [4.69, 9.17) is 4.74 Å². The summed E-state index contributed by atoms with van der Waals surface area (Å²) in [6.45, 7) is 6.83. The van der Waals surface area contributed by atoms with E-state index in [1.54, 1.807) is 24.4 Å². The van der Waals surface area contributed by atoms with Crippen molar-refractivity contribution in [2.45, 2.75) is 51.3 Å². The lowest BCUT2D eigenvalue weighted by molar-refractivity contribution is -0.383. The fraction of sp³-hybridized carbons (Fsp3) is 0.476. The molecule has 31 heavy (non-hydrogen) atoms. The molecule has 0 spiro atoms. The second-order valence-electron chi connectivity index (χ2n) is 8.85. The largest absolute Gasteiger partial charge is 0.444 e. The van der Waals surface area contributed by atoms with Crippen LogP contribution in [0.3, 0.4) is 0 Å². The van der Waals surface area contributed by atoms with Crippen molar-refractivity contribution in [3.63, 3.8) is 0 Å². The number of carbonyl (C=O) groups is 1. The van der Waals surface area contributed by atoms with E-state index < -0.39 is 10.5 Å². The molecule has 3 aliphatic heterocycles. The lowest BCUT2D eigenvalue weighted by Crippen LogP contribution is -2.64. The fourth-order valence-corrected chi connectivity index (χ4v) is 4.15. The Kier molecular flexibility index (Phi) is 5.38. The summed E-state index contributed by atoms with van der Waals surface area (Å²) in [6.07, 6.45) is 4.54. The number of piperazine rings is 1. The van der Waals surface area contributed by atoms with Crippen molar-refractivity contribution in [2.24, 2.45) is 0 Å². The summed E-state index contributed by atoms with van der Waals surface area (Å²) in [6, 6.07) is 6.88. The fourth-order valence-electron chi connectivity index (χ4n) is 4.15. The number of rotatable bonds is 4. The third-order valence-electron chi connectivity index (χ3n) is 5.51. The number of hydrogen-bond acceptors (Lipinski definition) is 8. The van der Waals surface area contributed by atoms with Gasteiger partial charge in [-0.2, -0.15) is 0 Å². The van der Waals surface area contributed by atoms with Gasteiger partial charge < -0.3 is 19.9 Å². The van der Waals surface area contributed by atoms with E-state index in [1.165, 1.54) is 12.4 Å².